The van der Waals surface area contributed by atoms with E-state index in [-0.39, 0.29) is 20.6 Å². The van der Waals surface area contributed by atoms with Crippen LogP contribution in [-0.2, 0) is 25.2 Å². The molecule has 4 rings (SSSR count). The molecule has 2 aromatic carbocycles. The van der Waals surface area contributed by atoms with Gasteiger partial charge in [-0.15, -0.1) is 0 Å². The molecule has 0 aromatic heterocycles. The van der Waals surface area contributed by atoms with Crippen LogP contribution in [0.25, 0.3) is 0 Å². The number of urea groups is 1. The van der Waals surface area contributed by atoms with Crippen molar-refractivity contribution in [2.45, 2.75) is 36.6 Å². The van der Waals surface area contributed by atoms with E-state index in [2.05, 4.69) is 10.6 Å². The van der Waals surface area contributed by atoms with Crippen LogP contribution in [0.1, 0.15) is 31.7 Å². The number of sulfonamides is 1. The number of halogens is 3. The molecule has 36 heavy (non-hydrogen) atoms. The van der Waals surface area contributed by atoms with E-state index >= 15 is 0 Å². The fraction of sp³-hybridized carbons (Fsp3) is 0.348. The second-order valence-electron chi connectivity index (χ2n) is 8.73. The summed E-state index contributed by atoms with van der Waals surface area (Å²) in [7, 11) is -3.76. The van der Waals surface area contributed by atoms with Gasteiger partial charge in [0.25, 0.3) is 5.91 Å². The van der Waals surface area contributed by atoms with Gasteiger partial charge < -0.3 is 10.6 Å². The second-order valence-corrected chi connectivity index (χ2v) is 11.9. The molecule has 2 fully saturated rings. The topological polar surface area (TPSA) is 116 Å². The summed E-state index contributed by atoms with van der Waals surface area (Å²) >= 11 is 18.4. The molecule has 2 saturated heterocycles. The van der Waals surface area contributed by atoms with Crippen LogP contribution in [0.3, 0.4) is 0 Å². The minimum absolute atomic E-state index is 0.0101. The number of nitrogens with zero attached hydrogens (tertiary/aromatic N) is 2. The summed E-state index contributed by atoms with van der Waals surface area (Å²) in [6.45, 7) is 1.71. The fourth-order valence-corrected chi connectivity index (χ4v) is 6.57. The number of imide groups is 1. The molecule has 2 aromatic rings. The van der Waals surface area contributed by atoms with Crippen molar-refractivity contribution in [1.29, 1.82) is 0 Å². The summed E-state index contributed by atoms with van der Waals surface area (Å²) in [5.41, 5.74) is -1.12. The quantitative estimate of drug-likeness (QED) is 0.502. The average Bonchev–Trinajstić information content (AvgIpc) is 3.04. The smallest absolute Gasteiger partial charge is 0.323 e. The lowest BCUT2D eigenvalue weighted by Gasteiger charge is -2.26. The molecular formula is C23H23Cl3N4O5S. The molecule has 0 bridgehead atoms. The molecule has 2 aliphatic heterocycles. The number of carbonyl (C=O) groups is 3. The molecule has 2 N–H and O–H groups in total. The van der Waals surface area contributed by atoms with Crippen molar-refractivity contribution >= 4 is 68.4 Å². The summed E-state index contributed by atoms with van der Waals surface area (Å²) in [5, 5.41) is 5.73. The summed E-state index contributed by atoms with van der Waals surface area (Å²) in [4.78, 5) is 39.3. The zero-order valence-corrected chi connectivity index (χ0v) is 22.3. The summed E-state index contributed by atoms with van der Waals surface area (Å²) < 4.78 is 27.4. The van der Waals surface area contributed by atoms with Crippen LogP contribution in [-0.4, -0.2) is 55.1 Å². The normalized spacial score (nSPS) is 20.9. The molecule has 0 aliphatic carbocycles. The SMILES string of the molecule is C[C@@]1(c2ccc(Cl)cc2Cl)NC(=O)N(CC(=O)Nc2cc(S(=O)(=O)N3CCCCC3)ccc2Cl)C1=O. The number of carbonyl (C=O) groups excluding carboxylic acids is 3. The molecule has 2 aliphatic rings. The van der Waals surface area contributed by atoms with Gasteiger partial charge >= 0.3 is 6.03 Å². The maximum absolute atomic E-state index is 13.2. The number of anilines is 1. The number of rotatable bonds is 6. The van der Waals surface area contributed by atoms with Crippen molar-refractivity contribution in [3.05, 3.63) is 57.0 Å². The lowest BCUT2D eigenvalue weighted by Crippen LogP contribution is -2.42. The molecule has 192 valence electrons. The van der Waals surface area contributed by atoms with E-state index in [1.54, 1.807) is 0 Å². The van der Waals surface area contributed by atoms with Gasteiger partial charge in [-0.05, 0) is 50.1 Å². The molecule has 0 spiro atoms. The second kappa shape index (κ2) is 10.2. The third-order valence-corrected chi connectivity index (χ3v) is 8.98. The number of hydrogen-bond acceptors (Lipinski definition) is 5. The molecular weight excluding hydrogens is 551 g/mol. The Bertz CT molecular complexity index is 1350. The number of hydrogen-bond donors (Lipinski definition) is 2. The van der Waals surface area contributed by atoms with Crippen molar-refractivity contribution in [3.8, 4) is 0 Å². The van der Waals surface area contributed by atoms with Crippen molar-refractivity contribution < 1.29 is 22.8 Å². The molecule has 0 unspecified atom stereocenters. The molecule has 0 radical (unpaired) electrons. The Morgan fingerprint density at radius 1 is 1.03 bits per heavy atom. The zero-order valence-electron chi connectivity index (χ0n) is 19.2. The van der Waals surface area contributed by atoms with Crippen LogP contribution >= 0.6 is 34.8 Å². The first kappa shape index (κ1) is 26.7. The highest BCUT2D eigenvalue weighted by atomic mass is 35.5. The van der Waals surface area contributed by atoms with E-state index in [1.807, 2.05) is 0 Å². The predicted octanol–water partition coefficient (Wildman–Crippen LogP) is 4.23. The molecule has 9 nitrogen and oxygen atoms in total. The summed E-state index contributed by atoms with van der Waals surface area (Å²) in [6, 6.07) is 7.76. The van der Waals surface area contributed by atoms with Gasteiger partial charge in [0, 0.05) is 28.7 Å². The van der Waals surface area contributed by atoms with Crippen LogP contribution in [0.4, 0.5) is 10.5 Å². The van der Waals surface area contributed by atoms with Crippen molar-refractivity contribution in [1.82, 2.24) is 14.5 Å². The molecule has 4 amide bonds. The summed E-state index contributed by atoms with van der Waals surface area (Å²) in [5.74, 6) is -1.42. The molecule has 1 atom stereocenters. The van der Waals surface area contributed by atoms with Gasteiger partial charge in [0.15, 0.2) is 0 Å². The minimum atomic E-state index is -3.76. The first-order valence-electron chi connectivity index (χ1n) is 11.1. The van der Waals surface area contributed by atoms with Gasteiger partial charge in [-0.25, -0.2) is 13.2 Å². The standard InChI is InChI=1S/C23H23Cl3N4O5S/c1-23(16-7-5-14(24)11-18(16)26)21(32)30(22(33)28-23)13-20(31)27-19-12-15(6-8-17(19)25)36(34,35)29-9-3-2-4-10-29/h5-8,11-12H,2-4,9-10,13H2,1H3,(H,27,31)(H,28,33)/t23-/m0/s1. The largest absolute Gasteiger partial charge is 0.325 e. The Morgan fingerprint density at radius 3 is 2.39 bits per heavy atom. The Morgan fingerprint density at radius 2 is 1.72 bits per heavy atom. The Kier molecular flexibility index (Phi) is 7.55. The van der Waals surface area contributed by atoms with Gasteiger partial charge in [0.2, 0.25) is 15.9 Å². The number of nitrogens with one attached hydrogen (secondary N) is 2. The van der Waals surface area contributed by atoms with Gasteiger partial charge in [0.1, 0.15) is 12.1 Å². The molecule has 13 heteroatoms. The maximum atomic E-state index is 13.2. The first-order valence-corrected chi connectivity index (χ1v) is 13.7. The van der Waals surface area contributed by atoms with E-state index in [9.17, 15) is 22.8 Å². The van der Waals surface area contributed by atoms with Crippen LogP contribution in [0.5, 0.6) is 0 Å². The van der Waals surface area contributed by atoms with Gasteiger partial charge in [-0.2, -0.15) is 4.31 Å². The first-order chi connectivity index (χ1) is 16.9. The van der Waals surface area contributed by atoms with Crippen molar-refractivity contribution in [2.75, 3.05) is 25.0 Å². The monoisotopic (exact) mass is 572 g/mol. The fourth-order valence-electron chi connectivity index (χ4n) is 4.27. The van der Waals surface area contributed by atoms with E-state index < -0.39 is 40.0 Å². The number of piperidine rings is 1. The van der Waals surface area contributed by atoms with Gasteiger partial charge in [-0.3, -0.25) is 14.5 Å². The van der Waals surface area contributed by atoms with E-state index in [4.69, 9.17) is 34.8 Å². The Labute approximate surface area is 223 Å². The highest BCUT2D eigenvalue weighted by Crippen LogP contribution is 2.35. The van der Waals surface area contributed by atoms with Crippen molar-refractivity contribution in [3.63, 3.8) is 0 Å². The zero-order chi connectivity index (χ0) is 26.3. The molecule has 0 saturated carbocycles. The van der Waals surface area contributed by atoms with Gasteiger partial charge in [0.05, 0.1) is 15.6 Å². The minimum Gasteiger partial charge on any atom is -0.323 e. The van der Waals surface area contributed by atoms with E-state index in [0.29, 0.717) is 23.7 Å². The lowest BCUT2D eigenvalue weighted by atomic mass is 9.92. The van der Waals surface area contributed by atoms with Crippen molar-refractivity contribution in [2.24, 2.45) is 0 Å². The van der Waals surface area contributed by atoms with E-state index in [0.717, 1.165) is 24.2 Å². The number of benzene rings is 2. The predicted molar refractivity (Wildman–Crippen MR) is 137 cm³/mol. The van der Waals surface area contributed by atoms with Crippen LogP contribution in [0, 0.1) is 0 Å². The molecule has 2 heterocycles. The highest BCUT2D eigenvalue weighted by Gasteiger charge is 2.50. The van der Waals surface area contributed by atoms with Gasteiger partial charge in [-0.1, -0.05) is 47.3 Å². The Hall–Kier alpha value is -2.37. The van der Waals surface area contributed by atoms with E-state index in [1.165, 1.54) is 47.6 Å². The third-order valence-electron chi connectivity index (χ3n) is 6.21. The van der Waals surface area contributed by atoms with Crippen LogP contribution in [0.15, 0.2) is 41.3 Å². The van der Waals surface area contributed by atoms with Crippen LogP contribution < -0.4 is 10.6 Å². The van der Waals surface area contributed by atoms with Crippen LogP contribution in [0.2, 0.25) is 15.1 Å². The Balaban J connectivity index is 1.51. The third kappa shape index (κ3) is 5.05. The lowest BCUT2D eigenvalue weighted by molar-refractivity contribution is -0.133. The number of amides is 4. The average molecular weight is 574 g/mol. The highest BCUT2D eigenvalue weighted by molar-refractivity contribution is 7.89. The summed E-state index contributed by atoms with van der Waals surface area (Å²) in [6.07, 6.45) is 2.53. The maximum Gasteiger partial charge on any atom is 0.325 e.